The van der Waals surface area contributed by atoms with Gasteiger partial charge in [0.1, 0.15) is 0 Å². The number of aliphatic carboxylic acids is 1. The van der Waals surface area contributed by atoms with Gasteiger partial charge in [-0.15, -0.1) is 0 Å². The second kappa shape index (κ2) is 5.97. The first-order chi connectivity index (χ1) is 5.97. The quantitative estimate of drug-likeness (QED) is 0.667. The van der Waals surface area contributed by atoms with E-state index < -0.39 is 5.97 Å². The van der Waals surface area contributed by atoms with Crippen molar-refractivity contribution in [2.45, 2.75) is 52.6 Å². The van der Waals surface area contributed by atoms with Crippen molar-refractivity contribution in [3.05, 3.63) is 0 Å². The Bertz CT molecular complexity index is 157. The summed E-state index contributed by atoms with van der Waals surface area (Å²) < 4.78 is 0. The van der Waals surface area contributed by atoms with Gasteiger partial charge in [-0.05, 0) is 19.3 Å². The number of nitrogens with one attached hydrogen (secondary N) is 1. The Kier molecular flexibility index (Phi) is 5.71. The summed E-state index contributed by atoms with van der Waals surface area (Å²) >= 11 is 0. The lowest BCUT2D eigenvalue weighted by atomic mass is 10.00. The summed E-state index contributed by atoms with van der Waals surface area (Å²) in [5.41, 5.74) is 0. The highest BCUT2D eigenvalue weighted by molar-refractivity contribution is 5.67. The van der Waals surface area contributed by atoms with Gasteiger partial charge in [-0.2, -0.15) is 0 Å². The van der Waals surface area contributed by atoms with Crippen LogP contribution in [0.5, 0.6) is 0 Å². The summed E-state index contributed by atoms with van der Waals surface area (Å²) in [4.78, 5) is 10.5. The summed E-state index contributed by atoms with van der Waals surface area (Å²) in [6.45, 7) is 8.26. The maximum Gasteiger partial charge on any atom is 0.304 e. The van der Waals surface area contributed by atoms with Crippen LogP contribution < -0.4 is 5.32 Å². The predicted molar refractivity (Wildman–Crippen MR) is 53.8 cm³/mol. The van der Waals surface area contributed by atoms with Crippen LogP contribution >= 0.6 is 0 Å². The van der Waals surface area contributed by atoms with E-state index in [1.165, 1.54) is 0 Å². The lowest BCUT2D eigenvalue weighted by Crippen LogP contribution is -2.41. The molecule has 0 saturated heterocycles. The molecule has 0 aliphatic heterocycles. The molecular weight excluding hydrogens is 166 g/mol. The molecule has 0 amide bonds. The molecule has 2 unspecified atom stereocenters. The molecule has 3 heteroatoms. The summed E-state index contributed by atoms with van der Waals surface area (Å²) in [6.07, 6.45) is 1.24. The second-order valence-corrected chi connectivity index (χ2v) is 3.92. The van der Waals surface area contributed by atoms with Gasteiger partial charge in [0.25, 0.3) is 0 Å². The maximum absolute atomic E-state index is 10.5. The van der Waals surface area contributed by atoms with E-state index in [2.05, 4.69) is 19.2 Å². The normalized spacial score (nSPS) is 15.8. The summed E-state index contributed by atoms with van der Waals surface area (Å²) in [6, 6.07) is 0.485. The molecule has 0 aromatic rings. The highest BCUT2D eigenvalue weighted by Crippen LogP contribution is 2.07. The lowest BCUT2D eigenvalue weighted by Gasteiger charge is -2.24. The van der Waals surface area contributed by atoms with Crippen molar-refractivity contribution >= 4 is 5.97 Å². The smallest absolute Gasteiger partial charge is 0.304 e. The zero-order valence-electron chi connectivity index (χ0n) is 9.00. The molecule has 3 nitrogen and oxygen atoms in total. The molecule has 0 heterocycles. The zero-order chi connectivity index (χ0) is 10.4. The number of carbonyl (C=O) groups is 1. The van der Waals surface area contributed by atoms with E-state index in [0.717, 1.165) is 6.42 Å². The molecule has 0 aliphatic rings. The Hall–Kier alpha value is -0.570. The Morgan fingerprint density at radius 3 is 2.23 bits per heavy atom. The highest BCUT2D eigenvalue weighted by atomic mass is 16.4. The molecule has 0 aromatic heterocycles. The minimum Gasteiger partial charge on any atom is -0.481 e. The van der Waals surface area contributed by atoms with Crippen LogP contribution in [0.2, 0.25) is 0 Å². The molecule has 0 fully saturated rings. The van der Waals surface area contributed by atoms with E-state index in [-0.39, 0.29) is 12.5 Å². The molecule has 13 heavy (non-hydrogen) atoms. The molecule has 0 aromatic carbocycles. The van der Waals surface area contributed by atoms with Gasteiger partial charge in [-0.3, -0.25) is 4.79 Å². The standard InChI is InChI=1S/C10H21NO2/c1-5-8(4)11-9(7(2)3)6-10(12)13/h7-9,11H,5-6H2,1-4H3,(H,12,13). The number of carboxylic acids is 1. The first kappa shape index (κ1) is 12.4. The summed E-state index contributed by atoms with van der Waals surface area (Å²) in [7, 11) is 0. The Balaban J connectivity index is 4.02. The van der Waals surface area contributed by atoms with Crippen molar-refractivity contribution in [2.75, 3.05) is 0 Å². The van der Waals surface area contributed by atoms with Gasteiger partial charge in [-0.1, -0.05) is 20.8 Å². The molecule has 0 spiro atoms. The molecule has 78 valence electrons. The minimum absolute atomic E-state index is 0.0902. The first-order valence-electron chi connectivity index (χ1n) is 4.95. The van der Waals surface area contributed by atoms with Crippen LogP contribution in [0.4, 0.5) is 0 Å². The summed E-state index contributed by atoms with van der Waals surface area (Å²) in [5, 5.41) is 12.0. The molecular formula is C10H21NO2. The third-order valence-electron chi connectivity index (χ3n) is 2.31. The highest BCUT2D eigenvalue weighted by Gasteiger charge is 2.17. The molecule has 0 aliphatic carbocycles. The topological polar surface area (TPSA) is 49.3 Å². The van der Waals surface area contributed by atoms with E-state index in [9.17, 15) is 4.79 Å². The van der Waals surface area contributed by atoms with Crippen LogP contribution in [0.15, 0.2) is 0 Å². The van der Waals surface area contributed by atoms with Crippen LogP contribution in [-0.4, -0.2) is 23.2 Å². The van der Waals surface area contributed by atoms with Crippen LogP contribution in [0, 0.1) is 5.92 Å². The Morgan fingerprint density at radius 1 is 1.38 bits per heavy atom. The Labute approximate surface area is 80.5 Å². The third kappa shape index (κ3) is 5.64. The Morgan fingerprint density at radius 2 is 1.92 bits per heavy atom. The molecule has 0 bridgehead atoms. The first-order valence-corrected chi connectivity index (χ1v) is 4.95. The maximum atomic E-state index is 10.5. The van der Waals surface area contributed by atoms with E-state index >= 15 is 0 Å². The predicted octanol–water partition coefficient (Wildman–Crippen LogP) is 1.87. The SMILES string of the molecule is CCC(C)NC(CC(=O)O)C(C)C. The largest absolute Gasteiger partial charge is 0.481 e. The monoisotopic (exact) mass is 187 g/mol. The average Bonchev–Trinajstić information content (AvgIpc) is 2.02. The molecule has 0 saturated carbocycles. The lowest BCUT2D eigenvalue weighted by molar-refractivity contribution is -0.137. The van der Waals surface area contributed by atoms with Crippen molar-refractivity contribution in [2.24, 2.45) is 5.92 Å². The fourth-order valence-electron chi connectivity index (χ4n) is 1.16. The van der Waals surface area contributed by atoms with E-state index in [1.54, 1.807) is 0 Å². The van der Waals surface area contributed by atoms with Gasteiger partial charge in [0.15, 0.2) is 0 Å². The molecule has 0 radical (unpaired) electrons. The van der Waals surface area contributed by atoms with E-state index in [1.807, 2.05) is 13.8 Å². The fourth-order valence-corrected chi connectivity index (χ4v) is 1.16. The number of rotatable bonds is 6. The van der Waals surface area contributed by atoms with Gasteiger partial charge in [0.05, 0.1) is 6.42 Å². The van der Waals surface area contributed by atoms with Crippen LogP contribution in [0.1, 0.15) is 40.5 Å². The van der Waals surface area contributed by atoms with Crippen molar-refractivity contribution < 1.29 is 9.90 Å². The van der Waals surface area contributed by atoms with Crippen molar-refractivity contribution in [1.82, 2.24) is 5.32 Å². The molecule has 0 rings (SSSR count). The second-order valence-electron chi connectivity index (χ2n) is 3.92. The van der Waals surface area contributed by atoms with Gasteiger partial charge in [-0.25, -0.2) is 0 Å². The van der Waals surface area contributed by atoms with Gasteiger partial charge in [0.2, 0.25) is 0 Å². The molecule has 2 N–H and O–H groups in total. The summed E-state index contributed by atoms with van der Waals surface area (Å²) in [5.74, 6) is -0.361. The van der Waals surface area contributed by atoms with Crippen molar-refractivity contribution in [3.63, 3.8) is 0 Å². The van der Waals surface area contributed by atoms with Gasteiger partial charge in [0, 0.05) is 12.1 Å². The van der Waals surface area contributed by atoms with Crippen LogP contribution in [0.3, 0.4) is 0 Å². The third-order valence-corrected chi connectivity index (χ3v) is 2.31. The van der Waals surface area contributed by atoms with Crippen molar-refractivity contribution in [3.8, 4) is 0 Å². The van der Waals surface area contributed by atoms with Crippen molar-refractivity contribution in [1.29, 1.82) is 0 Å². The zero-order valence-corrected chi connectivity index (χ0v) is 9.00. The number of hydrogen-bond acceptors (Lipinski definition) is 2. The number of carboxylic acid groups (broad SMARTS) is 1. The van der Waals surface area contributed by atoms with Crippen LogP contribution in [-0.2, 0) is 4.79 Å². The minimum atomic E-state index is -0.727. The van der Waals surface area contributed by atoms with Gasteiger partial charge >= 0.3 is 5.97 Å². The van der Waals surface area contributed by atoms with Crippen LogP contribution in [0.25, 0.3) is 0 Å². The number of hydrogen-bond donors (Lipinski definition) is 2. The van der Waals surface area contributed by atoms with E-state index in [0.29, 0.717) is 12.0 Å². The average molecular weight is 187 g/mol. The fraction of sp³-hybridized carbons (Fsp3) is 0.900. The molecule has 2 atom stereocenters. The van der Waals surface area contributed by atoms with Gasteiger partial charge < -0.3 is 10.4 Å². The van der Waals surface area contributed by atoms with E-state index in [4.69, 9.17) is 5.11 Å².